The number of carbonyl (C=O) groups is 1. The average molecular weight is 447 g/mol. The monoisotopic (exact) mass is 446 g/mol. The SMILES string of the molecule is COc1ccccc1NC(=O)c1cc(-c2ccc(C)cc2)nc2ccc(Br)cc12. The van der Waals surface area contributed by atoms with Crippen LogP contribution >= 0.6 is 15.9 Å². The second-order valence-electron chi connectivity index (χ2n) is 6.74. The molecule has 3 aromatic carbocycles. The number of hydrogen-bond donors (Lipinski definition) is 1. The highest BCUT2D eigenvalue weighted by Crippen LogP contribution is 2.29. The van der Waals surface area contributed by atoms with Gasteiger partial charge in [0.15, 0.2) is 0 Å². The number of halogens is 1. The number of aryl methyl sites for hydroxylation is 1. The minimum atomic E-state index is -0.214. The Balaban J connectivity index is 1.83. The van der Waals surface area contributed by atoms with Crippen molar-refractivity contribution in [2.45, 2.75) is 6.92 Å². The van der Waals surface area contributed by atoms with Crippen LogP contribution in [0.3, 0.4) is 0 Å². The van der Waals surface area contributed by atoms with Crippen molar-refractivity contribution in [2.24, 2.45) is 0 Å². The highest BCUT2D eigenvalue weighted by Gasteiger charge is 2.16. The molecule has 0 unspecified atom stereocenters. The van der Waals surface area contributed by atoms with E-state index in [1.807, 2.05) is 79.7 Å². The van der Waals surface area contributed by atoms with Crippen LogP contribution in [0.4, 0.5) is 5.69 Å². The van der Waals surface area contributed by atoms with Crippen molar-refractivity contribution in [3.05, 3.63) is 88.4 Å². The molecule has 5 heteroatoms. The number of amides is 1. The largest absolute Gasteiger partial charge is 0.495 e. The van der Waals surface area contributed by atoms with Crippen molar-refractivity contribution in [1.82, 2.24) is 4.98 Å². The summed E-state index contributed by atoms with van der Waals surface area (Å²) in [6, 6.07) is 23.1. The molecular formula is C24H19BrN2O2. The molecule has 0 radical (unpaired) electrons. The molecule has 4 nitrogen and oxygen atoms in total. The van der Waals surface area contributed by atoms with Gasteiger partial charge >= 0.3 is 0 Å². The van der Waals surface area contributed by atoms with Gasteiger partial charge in [0.25, 0.3) is 5.91 Å². The molecule has 1 aromatic heterocycles. The van der Waals surface area contributed by atoms with Gasteiger partial charge in [-0.25, -0.2) is 4.98 Å². The molecule has 0 saturated heterocycles. The molecular weight excluding hydrogens is 428 g/mol. The van der Waals surface area contributed by atoms with Crippen molar-refractivity contribution in [2.75, 3.05) is 12.4 Å². The number of benzene rings is 3. The van der Waals surface area contributed by atoms with E-state index in [1.165, 1.54) is 5.56 Å². The normalized spacial score (nSPS) is 10.7. The van der Waals surface area contributed by atoms with Crippen LogP contribution < -0.4 is 10.1 Å². The third-order valence-electron chi connectivity index (χ3n) is 4.72. The average Bonchev–Trinajstić information content (AvgIpc) is 2.74. The van der Waals surface area contributed by atoms with Gasteiger partial charge < -0.3 is 10.1 Å². The maximum atomic E-state index is 13.2. The molecule has 4 rings (SSSR count). The predicted molar refractivity (Wildman–Crippen MR) is 121 cm³/mol. The van der Waals surface area contributed by atoms with Gasteiger partial charge in [-0.05, 0) is 43.3 Å². The highest BCUT2D eigenvalue weighted by atomic mass is 79.9. The predicted octanol–water partition coefficient (Wildman–Crippen LogP) is 6.23. The first kappa shape index (κ1) is 19.2. The lowest BCUT2D eigenvalue weighted by molar-refractivity contribution is 0.102. The zero-order valence-electron chi connectivity index (χ0n) is 16.1. The molecule has 0 aliphatic heterocycles. The Hall–Kier alpha value is -3.18. The second-order valence-corrected chi connectivity index (χ2v) is 7.65. The summed E-state index contributed by atoms with van der Waals surface area (Å²) in [5.74, 6) is 0.396. The van der Waals surface area contributed by atoms with Crippen molar-refractivity contribution in [3.8, 4) is 17.0 Å². The Labute approximate surface area is 177 Å². The van der Waals surface area contributed by atoms with Crippen LogP contribution in [0, 0.1) is 6.92 Å². The van der Waals surface area contributed by atoms with E-state index in [0.717, 1.165) is 26.6 Å². The highest BCUT2D eigenvalue weighted by molar-refractivity contribution is 9.10. The number of nitrogens with zero attached hydrogens (tertiary/aromatic N) is 1. The van der Waals surface area contributed by atoms with E-state index in [-0.39, 0.29) is 5.91 Å². The number of methoxy groups -OCH3 is 1. The number of pyridine rings is 1. The van der Waals surface area contributed by atoms with E-state index < -0.39 is 0 Å². The topological polar surface area (TPSA) is 51.2 Å². The van der Waals surface area contributed by atoms with E-state index in [1.54, 1.807) is 7.11 Å². The molecule has 29 heavy (non-hydrogen) atoms. The molecule has 1 heterocycles. The minimum absolute atomic E-state index is 0.214. The number of nitrogens with one attached hydrogen (secondary N) is 1. The van der Waals surface area contributed by atoms with Gasteiger partial charge in [0.05, 0.1) is 29.6 Å². The molecule has 1 amide bonds. The summed E-state index contributed by atoms with van der Waals surface area (Å²) < 4.78 is 6.25. The number of ether oxygens (including phenoxy) is 1. The third kappa shape index (κ3) is 4.00. The third-order valence-corrected chi connectivity index (χ3v) is 5.21. The number of rotatable bonds is 4. The number of carbonyl (C=O) groups excluding carboxylic acids is 1. The molecule has 0 saturated carbocycles. The number of aromatic nitrogens is 1. The lowest BCUT2D eigenvalue weighted by Gasteiger charge is -2.13. The maximum absolute atomic E-state index is 13.2. The van der Waals surface area contributed by atoms with Gasteiger partial charge in [0.2, 0.25) is 0 Å². The molecule has 0 aliphatic rings. The number of fused-ring (bicyclic) bond motifs is 1. The van der Waals surface area contributed by atoms with Gasteiger partial charge in [-0.3, -0.25) is 4.79 Å². The fourth-order valence-corrected chi connectivity index (χ4v) is 3.56. The molecule has 0 aliphatic carbocycles. The lowest BCUT2D eigenvalue weighted by atomic mass is 10.0. The molecule has 0 atom stereocenters. The van der Waals surface area contributed by atoms with Gasteiger partial charge in [-0.15, -0.1) is 0 Å². The van der Waals surface area contributed by atoms with Crippen molar-refractivity contribution < 1.29 is 9.53 Å². The van der Waals surface area contributed by atoms with Crippen LogP contribution in [0.5, 0.6) is 5.75 Å². The van der Waals surface area contributed by atoms with E-state index >= 15 is 0 Å². The Morgan fingerprint density at radius 2 is 1.76 bits per heavy atom. The molecule has 0 fully saturated rings. The zero-order chi connectivity index (χ0) is 20.4. The standard InChI is InChI=1S/C24H19BrN2O2/c1-15-7-9-16(10-8-15)22-14-19(18-13-17(25)11-12-20(18)26-22)24(28)27-21-5-3-4-6-23(21)29-2/h3-14H,1-2H3,(H,27,28). The summed E-state index contributed by atoms with van der Waals surface area (Å²) in [6.45, 7) is 2.04. The maximum Gasteiger partial charge on any atom is 0.256 e. The second kappa shape index (κ2) is 8.05. The number of anilines is 1. The first-order chi connectivity index (χ1) is 14.0. The fourth-order valence-electron chi connectivity index (χ4n) is 3.20. The Kier molecular flexibility index (Phi) is 5.32. The van der Waals surface area contributed by atoms with Crippen LogP contribution in [0.2, 0.25) is 0 Å². The van der Waals surface area contributed by atoms with E-state index in [0.29, 0.717) is 17.0 Å². The van der Waals surface area contributed by atoms with Gasteiger partial charge in [0, 0.05) is 15.4 Å². The number of para-hydroxylation sites is 2. The first-order valence-corrected chi connectivity index (χ1v) is 9.96. The smallest absolute Gasteiger partial charge is 0.256 e. The Morgan fingerprint density at radius 3 is 2.52 bits per heavy atom. The lowest BCUT2D eigenvalue weighted by Crippen LogP contribution is -2.13. The van der Waals surface area contributed by atoms with Gasteiger partial charge in [-0.2, -0.15) is 0 Å². The summed E-state index contributed by atoms with van der Waals surface area (Å²) >= 11 is 3.50. The summed E-state index contributed by atoms with van der Waals surface area (Å²) in [7, 11) is 1.58. The van der Waals surface area contributed by atoms with Crippen LogP contribution in [-0.4, -0.2) is 18.0 Å². The Bertz CT molecular complexity index is 1200. The van der Waals surface area contributed by atoms with Crippen molar-refractivity contribution in [1.29, 1.82) is 0 Å². The van der Waals surface area contributed by atoms with Crippen molar-refractivity contribution in [3.63, 3.8) is 0 Å². The summed E-state index contributed by atoms with van der Waals surface area (Å²) in [6.07, 6.45) is 0. The first-order valence-electron chi connectivity index (χ1n) is 9.17. The van der Waals surface area contributed by atoms with E-state index in [9.17, 15) is 4.79 Å². The number of hydrogen-bond acceptors (Lipinski definition) is 3. The quantitative estimate of drug-likeness (QED) is 0.403. The van der Waals surface area contributed by atoms with Gasteiger partial charge in [0.1, 0.15) is 5.75 Å². The molecule has 0 bridgehead atoms. The molecule has 4 aromatic rings. The summed E-state index contributed by atoms with van der Waals surface area (Å²) in [4.78, 5) is 18.0. The minimum Gasteiger partial charge on any atom is -0.495 e. The molecule has 0 spiro atoms. The Morgan fingerprint density at radius 1 is 1.00 bits per heavy atom. The van der Waals surface area contributed by atoms with Crippen LogP contribution in [0.25, 0.3) is 22.2 Å². The summed E-state index contributed by atoms with van der Waals surface area (Å²) in [5, 5.41) is 3.75. The van der Waals surface area contributed by atoms with E-state index in [4.69, 9.17) is 9.72 Å². The van der Waals surface area contributed by atoms with Crippen LogP contribution in [0.15, 0.2) is 77.3 Å². The zero-order valence-corrected chi connectivity index (χ0v) is 17.7. The van der Waals surface area contributed by atoms with Crippen molar-refractivity contribution >= 4 is 38.4 Å². The molecule has 1 N–H and O–H groups in total. The van der Waals surface area contributed by atoms with E-state index in [2.05, 4.69) is 21.2 Å². The summed E-state index contributed by atoms with van der Waals surface area (Å²) in [5.41, 5.74) is 4.83. The molecule has 144 valence electrons. The fraction of sp³-hybridized carbons (Fsp3) is 0.0833. The van der Waals surface area contributed by atoms with Crippen LogP contribution in [0.1, 0.15) is 15.9 Å². The van der Waals surface area contributed by atoms with Gasteiger partial charge in [-0.1, -0.05) is 57.9 Å². The van der Waals surface area contributed by atoms with Crippen LogP contribution in [-0.2, 0) is 0 Å².